The van der Waals surface area contributed by atoms with Gasteiger partial charge in [-0.3, -0.25) is 4.79 Å². The average Bonchev–Trinajstić information content (AvgIpc) is 2.61. The zero-order valence-corrected chi connectivity index (χ0v) is 18.2. The lowest BCUT2D eigenvalue weighted by Crippen LogP contribution is -2.55. The van der Waals surface area contributed by atoms with Crippen LogP contribution < -0.4 is 15.6 Å². The monoisotopic (exact) mass is 472 g/mol. The van der Waals surface area contributed by atoms with Crippen molar-refractivity contribution in [3.05, 3.63) is 32.2 Å². The predicted octanol–water partition coefficient (Wildman–Crippen LogP) is 2.93. The highest BCUT2D eigenvalue weighted by Gasteiger charge is 2.28. The summed E-state index contributed by atoms with van der Waals surface area (Å²) >= 11 is 9.72. The first-order valence-corrected chi connectivity index (χ1v) is 10.0. The molecule has 10 heteroatoms. The second kappa shape index (κ2) is 8.26. The standard InChI is InChI=1S/C18H22BrClN4O4/c1-18(2,3)28-17(26)24-5-4-21-10(7-24)8-27-15-13-12(6-11(19)14(15)20)22-9-23-16(13)25/h6,9-10,21H,4-5,7-8H2,1-3H3,(H,22,23,25)/t10-/m0/s1. The van der Waals surface area contributed by atoms with E-state index in [-0.39, 0.29) is 35.4 Å². The topological polar surface area (TPSA) is 96.5 Å². The number of nitrogens with zero attached hydrogens (tertiary/aromatic N) is 2. The van der Waals surface area contributed by atoms with Crippen molar-refractivity contribution in [2.45, 2.75) is 32.4 Å². The zero-order chi connectivity index (χ0) is 20.5. The van der Waals surface area contributed by atoms with E-state index in [0.717, 1.165) is 0 Å². The normalized spacial score (nSPS) is 17.6. The van der Waals surface area contributed by atoms with E-state index in [0.29, 0.717) is 34.6 Å². The van der Waals surface area contributed by atoms with Gasteiger partial charge in [0.05, 0.1) is 22.9 Å². The number of piperazine rings is 1. The summed E-state index contributed by atoms with van der Waals surface area (Å²) in [6.07, 6.45) is 0.974. The van der Waals surface area contributed by atoms with Crippen LogP contribution in [0.15, 0.2) is 21.7 Å². The zero-order valence-electron chi connectivity index (χ0n) is 15.8. The molecular weight excluding hydrogens is 452 g/mol. The first-order chi connectivity index (χ1) is 13.2. The number of aromatic amines is 1. The van der Waals surface area contributed by atoms with Gasteiger partial charge in [-0.25, -0.2) is 9.78 Å². The van der Waals surface area contributed by atoms with Crippen LogP contribution in [0.4, 0.5) is 4.79 Å². The summed E-state index contributed by atoms with van der Waals surface area (Å²) < 4.78 is 11.9. The molecule has 2 aromatic rings. The van der Waals surface area contributed by atoms with Gasteiger partial charge >= 0.3 is 6.09 Å². The minimum atomic E-state index is -0.551. The minimum absolute atomic E-state index is 0.137. The molecule has 2 N–H and O–H groups in total. The van der Waals surface area contributed by atoms with E-state index in [1.807, 2.05) is 20.8 Å². The lowest BCUT2D eigenvalue weighted by atomic mass is 10.2. The molecule has 0 spiro atoms. The maximum Gasteiger partial charge on any atom is 0.410 e. The van der Waals surface area contributed by atoms with Crippen molar-refractivity contribution in [1.82, 2.24) is 20.2 Å². The molecule has 0 radical (unpaired) electrons. The smallest absolute Gasteiger partial charge is 0.410 e. The van der Waals surface area contributed by atoms with Gasteiger partial charge in [0.1, 0.15) is 17.6 Å². The second-order valence-electron chi connectivity index (χ2n) is 7.52. The lowest BCUT2D eigenvalue weighted by Gasteiger charge is -2.34. The van der Waals surface area contributed by atoms with Crippen molar-refractivity contribution in [1.29, 1.82) is 0 Å². The molecular formula is C18H22BrClN4O4. The van der Waals surface area contributed by atoms with Crippen LogP contribution in [0.25, 0.3) is 10.9 Å². The number of nitrogens with one attached hydrogen (secondary N) is 2. The molecule has 0 unspecified atom stereocenters. The number of carbonyl (C=O) groups excluding carboxylic acids is 1. The summed E-state index contributed by atoms with van der Waals surface area (Å²) in [5.41, 5.74) is -0.409. The molecule has 1 saturated heterocycles. The Morgan fingerprint density at radius 3 is 2.93 bits per heavy atom. The molecule has 152 valence electrons. The van der Waals surface area contributed by atoms with E-state index in [1.54, 1.807) is 11.0 Å². The molecule has 0 bridgehead atoms. The average molecular weight is 474 g/mol. The van der Waals surface area contributed by atoms with Crippen LogP contribution in [0.2, 0.25) is 5.02 Å². The number of H-pyrrole nitrogens is 1. The number of rotatable bonds is 3. The van der Waals surface area contributed by atoms with Crippen LogP contribution in [0.5, 0.6) is 5.75 Å². The molecule has 0 saturated carbocycles. The van der Waals surface area contributed by atoms with Gasteiger partial charge in [0.2, 0.25) is 0 Å². The summed E-state index contributed by atoms with van der Waals surface area (Å²) in [4.78, 5) is 32.9. The molecule has 1 aromatic heterocycles. The van der Waals surface area contributed by atoms with E-state index in [2.05, 4.69) is 31.2 Å². The number of ether oxygens (including phenoxy) is 2. The quantitative estimate of drug-likeness (QED) is 0.711. The van der Waals surface area contributed by atoms with Crippen LogP contribution in [0.1, 0.15) is 20.8 Å². The Labute approximate surface area is 175 Å². The van der Waals surface area contributed by atoms with Gasteiger partial charge in [-0.2, -0.15) is 0 Å². The number of aromatic nitrogens is 2. The molecule has 1 aliphatic rings. The van der Waals surface area contributed by atoms with E-state index in [4.69, 9.17) is 21.1 Å². The fourth-order valence-corrected chi connectivity index (χ4v) is 3.49. The minimum Gasteiger partial charge on any atom is -0.489 e. The van der Waals surface area contributed by atoms with Crippen LogP contribution in [0.3, 0.4) is 0 Å². The maximum absolute atomic E-state index is 12.3. The maximum atomic E-state index is 12.3. The summed E-state index contributed by atoms with van der Waals surface area (Å²) in [5, 5.41) is 3.89. The Morgan fingerprint density at radius 2 is 2.21 bits per heavy atom. The number of benzene rings is 1. The van der Waals surface area contributed by atoms with Crippen molar-refractivity contribution >= 4 is 44.5 Å². The number of fused-ring (bicyclic) bond motifs is 1. The third kappa shape index (κ3) is 4.76. The molecule has 2 heterocycles. The molecule has 8 nitrogen and oxygen atoms in total. The van der Waals surface area contributed by atoms with Crippen LogP contribution in [-0.4, -0.2) is 58.8 Å². The largest absolute Gasteiger partial charge is 0.489 e. The number of hydrogen-bond acceptors (Lipinski definition) is 6. The Bertz CT molecular complexity index is 944. The third-order valence-electron chi connectivity index (χ3n) is 4.12. The number of amides is 1. The van der Waals surface area contributed by atoms with E-state index < -0.39 is 5.60 Å². The van der Waals surface area contributed by atoms with Crippen LogP contribution in [-0.2, 0) is 4.74 Å². The van der Waals surface area contributed by atoms with Crippen LogP contribution >= 0.6 is 27.5 Å². The number of carbonyl (C=O) groups is 1. The summed E-state index contributed by atoms with van der Waals surface area (Å²) in [5.74, 6) is 0.261. The predicted molar refractivity (Wildman–Crippen MR) is 110 cm³/mol. The van der Waals surface area contributed by atoms with E-state index >= 15 is 0 Å². The highest BCUT2D eigenvalue weighted by atomic mass is 79.9. The van der Waals surface area contributed by atoms with Crippen molar-refractivity contribution in [3.8, 4) is 5.75 Å². The summed E-state index contributed by atoms with van der Waals surface area (Å²) in [6.45, 7) is 7.31. The summed E-state index contributed by atoms with van der Waals surface area (Å²) in [6, 6.07) is 1.53. The van der Waals surface area contributed by atoms with Gasteiger partial charge < -0.3 is 24.7 Å². The van der Waals surface area contributed by atoms with E-state index in [9.17, 15) is 9.59 Å². The fourth-order valence-electron chi connectivity index (χ4n) is 2.89. The first-order valence-electron chi connectivity index (χ1n) is 8.85. The lowest BCUT2D eigenvalue weighted by molar-refractivity contribution is 0.0178. The molecule has 1 atom stereocenters. The molecule has 1 aliphatic heterocycles. The molecule has 28 heavy (non-hydrogen) atoms. The molecule has 0 aliphatic carbocycles. The number of halogens is 2. The van der Waals surface area contributed by atoms with Gasteiger partial charge in [0, 0.05) is 24.1 Å². The van der Waals surface area contributed by atoms with Crippen molar-refractivity contribution in [2.24, 2.45) is 0 Å². The van der Waals surface area contributed by atoms with Crippen molar-refractivity contribution < 1.29 is 14.3 Å². The Hall–Kier alpha value is -1.84. The van der Waals surface area contributed by atoms with Gasteiger partial charge in [0.25, 0.3) is 5.56 Å². The SMILES string of the molecule is CC(C)(C)OC(=O)N1CCN[C@H](COc2c(Cl)c(Br)cc3nc[nH]c(=O)c23)C1. The Balaban J connectivity index is 1.75. The highest BCUT2D eigenvalue weighted by molar-refractivity contribution is 9.10. The highest BCUT2D eigenvalue weighted by Crippen LogP contribution is 2.37. The van der Waals surface area contributed by atoms with Crippen LogP contribution in [0, 0.1) is 0 Å². The van der Waals surface area contributed by atoms with Crippen molar-refractivity contribution in [2.75, 3.05) is 26.2 Å². The molecule has 1 aromatic carbocycles. The first kappa shape index (κ1) is 20.9. The van der Waals surface area contributed by atoms with Gasteiger partial charge in [-0.05, 0) is 42.8 Å². The third-order valence-corrected chi connectivity index (χ3v) is 5.35. The second-order valence-corrected chi connectivity index (χ2v) is 8.75. The fraction of sp³-hybridized carbons (Fsp3) is 0.500. The molecule has 1 amide bonds. The van der Waals surface area contributed by atoms with E-state index in [1.165, 1.54) is 6.33 Å². The molecule has 3 rings (SSSR count). The van der Waals surface area contributed by atoms with Crippen molar-refractivity contribution in [3.63, 3.8) is 0 Å². The van der Waals surface area contributed by atoms with Gasteiger partial charge in [0.15, 0.2) is 5.75 Å². The molecule has 1 fully saturated rings. The summed E-state index contributed by atoms with van der Waals surface area (Å²) in [7, 11) is 0. The Kier molecular flexibility index (Phi) is 6.16. The van der Waals surface area contributed by atoms with Gasteiger partial charge in [-0.15, -0.1) is 0 Å². The van der Waals surface area contributed by atoms with Gasteiger partial charge in [-0.1, -0.05) is 11.6 Å². The number of hydrogen-bond donors (Lipinski definition) is 2. The Morgan fingerprint density at radius 1 is 1.46 bits per heavy atom.